The Kier molecular flexibility index (Phi) is 7.70. The Morgan fingerprint density at radius 1 is 0.971 bits per heavy atom. The minimum absolute atomic E-state index is 0.132. The van der Waals surface area contributed by atoms with Crippen LogP contribution in [0.3, 0.4) is 0 Å². The molecule has 0 spiro atoms. The Hall–Kier alpha value is -3.81. The lowest BCUT2D eigenvalue weighted by Crippen LogP contribution is -2.50. The van der Waals surface area contributed by atoms with Crippen molar-refractivity contribution in [1.29, 1.82) is 0 Å². The average Bonchev–Trinajstić information content (AvgIpc) is 3.56. The standard InChI is InChI=1S/C27H31N3O5/c1-17-21(14-15-34-17)25(31)29-16-18-8-10-19(11-9-18)22-12-13-23(35-22)26(32)30-24(27(33)28-2)20-6-4-3-5-7-20/h8-15,20,24H,3-7,16H2,1-2H3,(H,28,33)(H,29,31)(H,30,32). The first-order chi connectivity index (χ1) is 17.0. The van der Waals surface area contributed by atoms with Gasteiger partial charge in [-0.05, 0) is 49.4 Å². The highest BCUT2D eigenvalue weighted by Gasteiger charge is 2.31. The number of furan rings is 2. The second-order valence-corrected chi connectivity index (χ2v) is 8.90. The van der Waals surface area contributed by atoms with Gasteiger partial charge in [0.2, 0.25) is 5.91 Å². The maximum Gasteiger partial charge on any atom is 0.287 e. The highest BCUT2D eigenvalue weighted by molar-refractivity contribution is 5.96. The van der Waals surface area contributed by atoms with Crippen LogP contribution in [0.2, 0.25) is 0 Å². The van der Waals surface area contributed by atoms with Gasteiger partial charge < -0.3 is 24.8 Å². The number of nitrogens with one attached hydrogen (secondary N) is 3. The molecular formula is C27H31N3O5. The smallest absolute Gasteiger partial charge is 0.287 e. The Balaban J connectivity index is 1.37. The van der Waals surface area contributed by atoms with Gasteiger partial charge in [-0.15, -0.1) is 0 Å². The van der Waals surface area contributed by atoms with E-state index in [9.17, 15) is 14.4 Å². The topological polar surface area (TPSA) is 114 Å². The van der Waals surface area contributed by atoms with Crippen LogP contribution in [0.15, 0.2) is 57.6 Å². The Bertz CT molecular complexity index is 1170. The van der Waals surface area contributed by atoms with Crippen molar-refractivity contribution in [2.45, 2.75) is 51.6 Å². The van der Waals surface area contributed by atoms with E-state index in [2.05, 4.69) is 16.0 Å². The monoisotopic (exact) mass is 477 g/mol. The molecule has 1 aliphatic rings. The summed E-state index contributed by atoms with van der Waals surface area (Å²) in [5, 5.41) is 8.42. The van der Waals surface area contributed by atoms with Gasteiger partial charge >= 0.3 is 0 Å². The van der Waals surface area contributed by atoms with Crippen LogP contribution in [0.1, 0.15) is 64.3 Å². The first kappa shape index (κ1) is 24.3. The molecule has 3 amide bonds. The zero-order valence-corrected chi connectivity index (χ0v) is 20.1. The van der Waals surface area contributed by atoms with Crippen molar-refractivity contribution in [3.8, 4) is 11.3 Å². The summed E-state index contributed by atoms with van der Waals surface area (Å²) < 4.78 is 11.0. The van der Waals surface area contributed by atoms with E-state index in [1.54, 1.807) is 32.2 Å². The third-order valence-corrected chi connectivity index (χ3v) is 6.56. The second-order valence-electron chi connectivity index (χ2n) is 8.90. The fourth-order valence-corrected chi connectivity index (χ4v) is 4.53. The SMILES string of the molecule is CNC(=O)C(NC(=O)c1ccc(-c2ccc(CNC(=O)c3ccoc3C)cc2)o1)C1CCCCC1. The number of aryl methyl sites for hydroxylation is 1. The number of carbonyl (C=O) groups is 3. The van der Waals surface area contributed by atoms with Gasteiger partial charge in [0.05, 0.1) is 11.8 Å². The number of carbonyl (C=O) groups excluding carboxylic acids is 3. The number of hydrogen-bond acceptors (Lipinski definition) is 5. The maximum absolute atomic E-state index is 12.9. The van der Waals surface area contributed by atoms with E-state index in [1.807, 2.05) is 24.3 Å². The number of likely N-dealkylation sites (N-methyl/N-ethyl adjacent to an activating group) is 1. The van der Waals surface area contributed by atoms with E-state index in [-0.39, 0.29) is 23.5 Å². The first-order valence-corrected chi connectivity index (χ1v) is 12.0. The Morgan fingerprint density at radius 2 is 1.71 bits per heavy atom. The van der Waals surface area contributed by atoms with Gasteiger partial charge in [0, 0.05) is 19.2 Å². The van der Waals surface area contributed by atoms with E-state index >= 15 is 0 Å². The highest BCUT2D eigenvalue weighted by Crippen LogP contribution is 2.27. The van der Waals surface area contributed by atoms with Crippen molar-refractivity contribution in [3.05, 3.63) is 71.4 Å². The molecule has 0 saturated heterocycles. The Labute approximate surface area is 204 Å². The normalized spacial score (nSPS) is 14.8. The molecule has 8 heteroatoms. The van der Waals surface area contributed by atoms with Crippen molar-refractivity contribution in [2.24, 2.45) is 5.92 Å². The minimum atomic E-state index is -0.568. The highest BCUT2D eigenvalue weighted by atomic mass is 16.4. The van der Waals surface area contributed by atoms with Crippen molar-refractivity contribution < 1.29 is 23.2 Å². The van der Waals surface area contributed by atoms with Crippen molar-refractivity contribution in [3.63, 3.8) is 0 Å². The zero-order chi connectivity index (χ0) is 24.8. The van der Waals surface area contributed by atoms with Gasteiger partial charge in [-0.2, -0.15) is 0 Å². The summed E-state index contributed by atoms with van der Waals surface area (Å²) in [4.78, 5) is 37.5. The first-order valence-electron chi connectivity index (χ1n) is 12.0. The molecule has 2 aromatic heterocycles. The lowest BCUT2D eigenvalue weighted by atomic mass is 9.83. The van der Waals surface area contributed by atoms with Crippen LogP contribution in [0.4, 0.5) is 0 Å². The molecular weight excluding hydrogens is 446 g/mol. The molecule has 3 aromatic rings. The lowest BCUT2D eigenvalue weighted by Gasteiger charge is -2.29. The van der Waals surface area contributed by atoms with Gasteiger partial charge in [0.1, 0.15) is 17.6 Å². The molecule has 0 aliphatic heterocycles. The van der Waals surface area contributed by atoms with Gasteiger partial charge in [-0.1, -0.05) is 43.5 Å². The maximum atomic E-state index is 12.9. The number of amides is 3. The van der Waals surface area contributed by atoms with Crippen LogP contribution in [0, 0.1) is 12.8 Å². The molecule has 1 unspecified atom stereocenters. The van der Waals surface area contributed by atoms with E-state index < -0.39 is 11.9 Å². The third kappa shape index (κ3) is 5.82. The number of benzene rings is 1. The zero-order valence-electron chi connectivity index (χ0n) is 20.1. The molecule has 4 rings (SSSR count). The summed E-state index contributed by atoms with van der Waals surface area (Å²) in [6.45, 7) is 2.12. The largest absolute Gasteiger partial charge is 0.469 e. The molecule has 1 fully saturated rings. The van der Waals surface area contributed by atoms with Crippen LogP contribution in [0.5, 0.6) is 0 Å². The molecule has 1 aliphatic carbocycles. The van der Waals surface area contributed by atoms with Crippen LogP contribution >= 0.6 is 0 Å². The summed E-state index contributed by atoms with van der Waals surface area (Å²) in [6, 6.07) is 12.0. The number of hydrogen-bond donors (Lipinski definition) is 3. The summed E-state index contributed by atoms with van der Waals surface area (Å²) in [5.41, 5.74) is 2.25. The molecule has 1 saturated carbocycles. The average molecular weight is 478 g/mol. The molecule has 8 nitrogen and oxygen atoms in total. The lowest BCUT2D eigenvalue weighted by molar-refractivity contribution is -0.124. The molecule has 1 aromatic carbocycles. The van der Waals surface area contributed by atoms with E-state index in [0.717, 1.165) is 36.8 Å². The fourth-order valence-electron chi connectivity index (χ4n) is 4.53. The van der Waals surface area contributed by atoms with Crippen molar-refractivity contribution in [1.82, 2.24) is 16.0 Å². The summed E-state index contributed by atoms with van der Waals surface area (Å²) in [6.07, 6.45) is 6.66. The van der Waals surface area contributed by atoms with E-state index in [0.29, 0.717) is 23.6 Å². The van der Waals surface area contributed by atoms with E-state index in [1.165, 1.54) is 12.7 Å². The van der Waals surface area contributed by atoms with Crippen molar-refractivity contribution >= 4 is 17.7 Å². The summed E-state index contributed by atoms with van der Waals surface area (Å²) in [7, 11) is 1.59. The van der Waals surface area contributed by atoms with E-state index in [4.69, 9.17) is 8.83 Å². The van der Waals surface area contributed by atoms with Crippen LogP contribution in [-0.4, -0.2) is 30.8 Å². The quantitative estimate of drug-likeness (QED) is 0.450. The Morgan fingerprint density at radius 3 is 2.37 bits per heavy atom. The van der Waals surface area contributed by atoms with Crippen LogP contribution < -0.4 is 16.0 Å². The van der Waals surface area contributed by atoms with Gasteiger partial charge in [0.25, 0.3) is 11.8 Å². The van der Waals surface area contributed by atoms with Crippen LogP contribution in [-0.2, 0) is 11.3 Å². The number of rotatable bonds is 8. The van der Waals surface area contributed by atoms with Crippen molar-refractivity contribution in [2.75, 3.05) is 7.05 Å². The molecule has 2 heterocycles. The van der Waals surface area contributed by atoms with Crippen LogP contribution in [0.25, 0.3) is 11.3 Å². The molecule has 35 heavy (non-hydrogen) atoms. The second kappa shape index (κ2) is 11.1. The van der Waals surface area contributed by atoms with Gasteiger partial charge in [-0.3, -0.25) is 14.4 Å². The van der Waals surface area contributed by atoms with Gasteiger partial charge in [0.15, 0.2) is 5.76 Å². The van der Waals surface area contributed by atoms with Gasteiger partial charge in [-0.25, -0.2) is 0 Å². The summed E-state index contributed by atoms with van der Waals surface area (Å²) in [5.74, 6) is 0.658. The molecule has 0 bridgehead atoms. The fraction of sp³-hybridized carbons (Fsp3) is 0.370. The predicted molar refractivity (Wildman–Crippen MR) is 131 cm³/mol. The third-order valence-electron chi connectivity index (χ3n) is 6.56. The summed E-state index contributed by atoms with van der Waals surface area (Å²) >= 11 is 0. The molecule has 1 atom stereocenters. The molecule has 3 N–H and O–H groups in total. The minimum Gasteiger partial charge on any atom is -0.469 e. The molecule has 184 valence electrons. The predicted octanol–water partition coefficient (Wildman–Crippen LogP) is 4.20. The molecule has 0 radical (unpaired) electrons.